The number of aryl methyl sites for hydroxylation is 2. The van der Waals surface area contributed by atoms with Gasteiger partial charge in [0.2, 0.25) is 11.8 Å². The number of ether oxygens (including phenoxy) is 1. The highest BCUT2D eigenvalue weighted by atomic mass is 35.5. The molecule has 2 rings (SSSR count). The lowest BCUT2D eigenvalue weighted by molar-refractivity contribution is -0.142. The molecular formula is C28H37ClN4O6. The Bertz CT molecular complexity index is 1160. The fourth-order valence-electron chi connectivity index (χ4n) is 3.92. The molecule has 0 heterocycles. The van der Waals surface area contributed by atoms with Crippen LogP contribution in [0.4, 0.5) is 10.5 Å². The second-order valence-corrected chi connectivity index (χ2v) is 10.5. The van der Waals surface area contributed by atoms with E-state index in [1.54, 1.807) is 58.0 Å². The summed E-state index contributed by atoms with van der Waals surface area (Å²) >= 11 is 6.34. The minimum Gasteiger partial charge on any atom is -0.444 e. The number of para-hydroxylation sites is 1. The zero-order valence-electron chi connectivity index (χ0n) is 22.9. The number of amides is 4. The Morgan fingerprint density at radius 3 is 2.26 bits per heavy atom. The number of aliphatic hydroxyl groups excluding tert-OH is 1. The van der Waals surface area contributed by atoms with E-state index in [4.69, 9.17) is 22.1 Å². The standard InChI is InChI=1S/C28H37ClN4O6/c1-6-18-10-12-19(13-11-18)24(25(36)32-23-17(2)8-7-9-20(23)29)33(14-15-34)26(37)21(16-22(30)35)31-27(38)39-28(3,4)5/h7-13,21,24,34H,6,14-16H2,1-5H3,(H2,30,35)(H,31,38)(H,32,36). The van der Waals surface area contributed by atoms with Gasteiger partial charge in [-0.2, -0.15) is 0 Å². The molecule has 2 unspecified atom stereocenters. The highest BCUT2D eigenvalue weighted by molar-refractivity contribution is 6.34. The Morgan fingerprint density at radius 2 is 1.74 bits per heavy atom. The molecule has 2 aromatic carbocycles. The molecule has 11 heteroatoms. The van der Waals surface area contributed by atoms with E-state index in [2.05, 4.69) is 10.6 Å². The molecule has 5 N–H and O–H groups in total. The van der Waals surface area contributed by atoms with Crippen LogP contribution >= 0.6 is 11.6 Å². The van der Waals surface area contributed by atoms with Crippen LogP contribution in [0.1, 0.15) is 56.8 Å². The summed E-state index contributed by atoms with van der Waals surface area (Å²) in [6.07, 6.45) is -0.728. The normalized spacial score (nSPS) is 12.7. The predicted octanol–water partition coefficient (Wildman–Crippen LogP) is 3.48. The maximum atomic E-state index is 13.8. The van der Waals surface area contributed by atoms with Gasteiger partial charge in [-0.05, 0) is 56.9 Å². The van der Waals surface area contributed by atoms with Crippen molar-refractivity contribution in [3.8, 4) is 0 Å². The van der Waals surface area contributed by atoms with Crippen LogP contribution in [-0.4, -0.2) is 58.6 Å². The van der Waals surface area contributed by atoms with Gasteiger partial charge in [0.05, 0.1) is 23.7 Å². The first-order chi connectivity index (χ1) is 18.3. The fourth-order valence-corrected chi connectivity index (χ4v) is 4.18. The lowest BCUT2D eigenvalue weighted by atomic mass is 9.99. The van der Waals surface area contributed by atoms with E-state index in [0.29, 0.717) is 21.8 Å². The predicted molar refractivity (Wildman–Crippen MR) is 149 cm³/mol. The lowest BCUT2D eigenvalue weighted by Crippen LogP contribution is -2.54. The molecule has 39 heavy (non-hydrogen) atoms. The van der Waals surface area contributed by atoms with Crippen molar-refractivity contribution >= 4 is 41.1 Å². The van der Waals surface area contributed by atoms with E-state index in [0.717, 1.165) is 16.9 Å². The summed E-state index contributed by atoms with van der Waals surface area (Å²) in [6, 6.07) is 9.53. The molecule has 0 saturated heterocycles. The van der Waals surface area contributed by atoms with E-state index >= 15 is 0 Å². The van der Waals surface area contributed by atoms with Gasteiger partial charge in [0.1, 0.15) is 17.7 Å². The van der Waals surface area contributed by atoms with Crippen LogP contribution in [0.25, 0.3) is 0 Å². The lowest BCUT2D eigenvalue weighted by Gasteiger charge is -2.34. The molecule has 2 aromatic rings. The van der Waals surface area contributed by atoms with E-state index in [1.165, 1.54) is 0 Å². The molecule has 0 fully saturated rings. The van der Waals surface area contributed by atoms with Gasteiger partial charge in [-0.1, -0.05) is 54.9 Å². The molecule has 2 atom stereocenters. The molecule has 4 amide bonds. The number of primary amides is 1. The number of nitrogens with two attached hydrogens (primary N) is 1. The SMILES string of the molecule is CCc1ccc(C(C(=O)Nc2c(C)cccc2Cl)N(CCO)C(=O)C(CC(N)=O)NC(=O)OC(C)(C)C)cc1. The summed E-state index contributed by atoms with van der Waals surface area (Å²) in [5.74, 6) is -2.26. The highest BCUT2D eigenvalue weighted by Gasteiger charge is 2.37. The van der Waals surface area contributed by atoms with Gasteiger partial charge in [0.15, 0.2) is 0 Å². The number of nitrogens with zero attached hydrogens (tertiary/aromatic N) is 1. The summed E-state index contributed by atoms with van der Waals surface area (Å²) in [7, 11) is 0. The van der Waals surface area contributed by atoms with Gasteiger partial charge in [-0.15, -0.1) is 0 Å². The molecule has 0 saturated carbocycles. The van der Waals surface area contributed by atoms with Crippen LogP contribution in [-0.2, 0) is 25.5 Å². The van der Waals surface area contributed by atoms with Gasteiger partial charge in [-0.25, -0.2) is 4.79 Å². The molecule has 10 nitrogen and oxygen atoms in total. The third-order valence-electron chi connectivity index (χ3n) is 5.75. The third kappa shape index (κ3) is 9.26. The third-order valence-corrected chi connectivity index (χ3v) is 6.07. The van der Waals surface area contributed by atoms with Crippen molar-refractivity contribution in [1.82, 2.24) is 10.2 Å². The van der Waals surface area contributed by atoms with E-state index < -0.39 is 54.5 Å². The number of benzene rings is 2. The van der Waals surface area contributed by atoms with Crippen molar-refractivity contribution in [2.75, 3.05) is 18.5 Å². The quantitative estimate of drug-likeness (QED) is 0.330. The topological polar surface area (TPSA) is 151 Å². The van der Waals surface area contributed by atoms with E-state index in [-0.39, 0.29) is 6.54 Å². The summed E-state index contributed by atoms with van der Waals surface area (Å²) < 4.78 is 5.25. The molecule has 0 aliphatic rings. The number of alkyl carbamates (subject to hydrolysis) is 1. The van der Waals surface area contributed by atoms with E-state index in [1.807, 2.05) is 19.1 Å². The highest BCUT2D eigenvalue weighted by Crippen LogP contribution is 2.29. The molecule has 0 bridgehead atoms. The van der Waals surface area contributed by atoms with Crippen LogP contribution in [0.2, 0.25) is 5.02 Å². The first-order valence-corrected chi connectivity index (χ1v) is 13.0. The number of rotatable bonds is 11. The average molecular weight is 561 g/mol. The Hall–Kier alpha value is -3.63. The second-order valence-electron chi connectivity index (χ2n) is 10.0. The van der Waals surface area contributed by atoms with Gasteiger partial charge in [0, 0.05) is 6.54 Å². The molecule has 0 aliphatic carbocycles. The number of halogens is 1. The van der Waals surface area contributed by atoms with Crippen LogP contribution < -0.4 is 16.4 Å². The Kier molecular flexibility index (Phi) is 11.3. The first-order valence-electron chi connectivity index (χ1n) is 12.6. The number of hydrogen-bond acceptors (Lipinski definition) is 6. The number of carbonyl (C=O) groups excluding carboxylic acids is 4. The molecular weight excluding hydrogens is 524 g/mol. The number of aliphatic hydroxyl groups is 1. The molecule has 0 radical (unpaired) electrons. The Morgan fingerprint density at radius 1 is 1.10 bits per heavy atom. The molecule has 212 valence electrons. The number of carbonyl (C=O) groups is 4. The maximum Gasteiger partial charge on any atom is 0.408 e. The van der Waals surface area contributed by atoms with Gasteiger partial charge in [-0.3, -0.25) is 14.4 Å². The van der Waals surface area contributed by atoms with Crippen LogP contribution in [0, 0.1) is 6.92 Å². The largest absolute Gasteiger partial charge is 0.444 e. The monoisotopic (exact) mass is 560 g/mol. The number of nitrogens with one attached hydrogen (secondary N) is 2. The summed E-state index contributed by atoms with van der Waals surface area (Å²) in [5.41, 5.74) is 7.04. The van der Waals surface area contributed by atoms with E-state index in [9.17, 15) is 24.3 Å². The zero-order chi connectivity index (χ0) is 29.3. The van der Waals surface area contributed by atoms with Gasteiger partial charge >= 0.3 is 6.09 Å². The molecule has 0 spiro atoms. The number of anilines is 1. The summed E-state index contributed by atoms with van der Waals surface area (Å²) in [4.78, 5) is 53.1. The Labute approximate surface area is 233 Å². The van der Waals surface area contributed by atoms with Crippen LogP contribution in [0.15, 0.2) is 42.5 Å². The van der Waals surface area contributed by atoms with Crippen molar-refractivity contribution in [2.45, 2.75) is 65.1 Å². The Balaban J connectivity index is 2.55. The van der Waals surface area contributed by atoms with Crippen molar-refractivity contribution in [3.63, 3.8) is 0 Å². The molecule has 0 aromatic heterocycles. The maximum absolute atomic E-state index is 13.8. The summed E-state index contributed by atoms with van der Waals surface area (Å²) in [6.45, 7) is 7.92. The van der Waals surface area contributed by atoms with Crippen molar-refractivity contribution < 1.29 is 29.0 Å². The molecule has 0 aliphatic heterocycles. The smallest absolute Gasteiger partial charge is 0.408 e. The zero-order valence-corrected chi connectivity index (χ0v) is 23.7. The minimum absolute atomic E-state index is 0.279. The second kappa shape index (κ2) is 14.0. The summed E-state index contributed by atoms with van der Waals surface area (Å²) in [5, 5.41) is 15.4. The average Bonchev–Trinajstić information content (AvgIpc) is 2.84. The van der Waals surface area contributed by atoms with Crippen LogP contribution in [0.5, 0.6) is 0 Å². The van der Waals surface area contributed by atoms with Crippen LogP contribution in [0.3, 0.4) is 0 Å². The van der Waals surface area contributed by atoms with Gasteiger partial charge < -0.3 is 31.1 Å². The fraction of sp³-hybridized carbons (Fsp3) is 0.429. The van der Waals surface area contributed by atoms with Gasteiger partial charge in [0.25, 0.3) is 5.91 Å². The van der Waals surface area contributed by atoms with Crippen molar-refractivity contribution in [2.24, 2.45) is 5.73 Å². The number of hydrogen-bond donors (Lipinski definition) is 4. The first kappa shape index (κ1) is 31.6. The van der Waals surface area contributed by atoms with Crippen molar-refractivity contribution in [3.05, 3.63) is 64.2 Å². The van der Waals surface area contributed by atoms with Crippen molar-refractivity contribution in [1.29, 1.82) is 0 Å². The minimum atomic E-state index is -1.45.